The lowest BCUT2D eigenvalue weighted by Crippen LogP contribution is -2.08. The van der Waals surface area contributed by atoms with Crippen LogP contribution in [0, 0.1) is 0 Å². The Morgan fingerprint density at radius 2 is 2.00 bits per heavy atom. The van der Waals surface area contributed by atoms with Crippen molar-refractivity contribution in [1.29, 1.82) is 0 Å². The molecule has 1 rings (SSSR count). The standard InChI is InChI=1S/C7H9N.C4H8N2S/c8-6-7-4-2-1-3-5-7;1-2-3-4(5)6-7/h1-5H,6,8H2;2-3,6-7H,1,5H2/b;4-3-. The van der Waals surface area contributed by atoms with Crippen LogP contribution in [0.25, 0.3) is 0 Å². The van der Waals surface area contributed by atoms with E-state index in [1.807, 2.05) is 30.3 Å². The van der Waals surface area contributed by atoms with E-state index in [9.17, 15) is 0 Å². The largest absolute Gasteiger partial charge is 0.385 e. The van der Waals surface area contributed by atoms with E-state index in [4.69, 9.17) is 11.5 Å². The lowest BCUT2D eigenvalue weighted by molar-refractivity contribution is 1.07. The van der Waals surface area contributed by atoms with E-state index in [0.29, 0.717) is 12.4 Å². The van der Waals surface area contributed by atoms with Crippen molar-refractivity contribution >= 4 is 12.8 Å². The molecular weight excluding hydrogens is 206 g/mol. The van der Waals surface area contributed by atoms with Crippen LogP contribution < -0.4 is 16.2 Å². The van der Waals surface area contributed by atoms with Crippen LogP contribution in [-0.2, 0) is 6.54 Å². The summed E-state index contributed by atoms with van der Waals surface area (Å²) >= 11 is 3.66. The van der Waals surface area contributed by atoms with Gasteiger partial charge < -0.3 is 16.2 Å². The molecule has 3 nitrogen and oxygen atoms in total. The smallest absolute Gasteiger partial charge is 0.106 e. The van der Waals surface area contributed by atoms with Gasteiger partial charge in [-0.1, -0.05) is 55.8 Å². The Balaban J connectivity index is 0.000000265. The SMILES string of the molecule is C=C/C=C(/N)NS.NCc1ccccc1. The molecule has 0 spiro atoms. The van der Waals surface area contributed by atoms with E-state index in [2.05, 4.69) is 24.1 Å². The second kappa shape index (κ2) is 9.18. The van der Waals surface area contributed by atoms with Crippen molar-refractivity contribution in [2.75, 3.05) is 0 Å². The first kappa shape index (κ1) is 13.6. The number of nitrogens with two attached hydrogens (primary N) is 2. The van der Waals surface area contributed by atoms with Gasteiger partial charge in [0, 0.05) is 6.54 Å². The third-order valence-electron chi connectivity index (χ3n) is 1.51. The van der Waals surface area contributed by atoms with Crippen molar-refractivity contribution in [2.24, 2.45) is 11.5 Å². The minimum absolute atomic E-state index is 0.498. The molecule has 1 aromatic rings. The molecule has 1 aromatic carbocycles. The molecule has 0 aliphatic carbocycles. The van der Waals surface area contributed by atoms with Gasteiger partial charge in [0.15, 0.2) is 0 Å². The summed E-state index contributed by atoms with van der Waals surface area (Å²) in [6, 6.07) is 9.99. The third kappa shape index (κ3) is 7.66. The highest BCUT2D eigenvalue weighted by Crippen LogP contribution is 1.94. The molecule has 0 atom stereocenters. The predicted molar refractivity (Wildman–Crippen MR) is 68.9 cm³/mol. The molecule has 0 aromatic heterocycles. The Labute approximate surface area is 96.4 Å². The van der Waals surface area contributed by atoms with Gasteiger partial charge in [0.25, 0.3) is 0 Å². The molecule has 15 heavy (non-hydrogen) atoms. The maximum atomic E-state index is 5.35. The van der Waals surface area contributed by atoms with Crippen LogP contribution in [0.15, 0.2) is 54.9 Å². The Kier molecular flexibility index (Phi) is 8.33. The molecule has 0 radical (unpaired) electrons. The van der Waals surface area contributed by atoms with Gasteiger partial charge in [-0.15, -0.1) is 0 Å². The van der Waals surface area contributed by atoms with Crippen LogP contribution in [0.4, 0.5) is 0 Å². The van der Waals surface area contributed by atoms with E-state index >= 15 is 0 Å². The maximum absolute atomic E-state index is 5.35. The summed E-state index contributed by atoms with van der Waals surface area (Å²) < 4.78 is 2.43. The van der Waals surface area contributed by atoms with Crippen LogP contribution in [0.5, 0.6) is 0 Å². The molecule has 4 heteroatoms. The normalized spacial score (nSPS) is 9.87. The van der Waals surface area contributed by atoms with Gasteiger partial charge >= 0.3 is 0 Å². The van der Waals surface area contributed by atoms with Crippen LogP contribution in [-0.4, -0.2) is 0 Å². The maximum Gasteiger partial charge on any atom is 0.106 e. The average Bonchev–Trinajstić information content (AvgIpc) is 2.31. The van der Waals surface area contributed by atoms with Gasteiger partial charge in [-0.3, -0.25) is 0 Å². The summed E-state index contributed by atoms with van der Waals surface area (Å²) in [5.41, 5.74) is 11.7. The highest BCUT2D eigenvalue weighted by molar-refractivity contribution is 7.78. The van der Waals surface area contributed by atoms with Crippen molar-refractivity contribution in [2.45, 2.75) is 6.54 Å². The first-order valence-corrected chi connectivity index (χ1v) is 4.91. The second-order valence-electron chi connectivity index (χ2n) is 2.66. The van der Waals surface area contributed by atoms with Gasteiger partial charge in [0.1, 0.15) is 5.82 Å². The van der Waals surface area contributed by atoms with E-state index in [1.165, 1.54) is 5.56 Å². The predicted octanol–water partition coefficient (Wildman–Crippen LogP) is 1.55. The number of hydrogen-bond acceptors (Lipinski definition) is 4. The van der Waals surface area contributed by atoms with Crippen molar-refractivity contribution < 1.29 is 0 Å². The average molecular weight is 223 g/mol. The zero-order valence-electron chi connectivity index (χ0n) is 8.56. The zero-order valence-corrected chi connectivity index (χ0v) is 9.45. The monoisotopic (exact) mass is 223 g/mol. The molecule has 0 amide bonds. The Morgan fingerprint density at radius 1 is 1.40 bits per heavy atom. The topological polar surface area (TPSA) is 64.1 Å². The van der Waals surface area contributed by atoms with Crippen molar-refractivity contribution in [3.63, 3.8) is 0 Å². The number of benzene rings is 1. The van der Waals surface area contributed by atoms with Gasteiger partial charge in [0.2, 0.25) is 0 Å². The van der Waals surface area contributed by atoms with Crippen LogP contribution in [0.2, 0.25) is 0 Å². The second-order valence-corrected chi connectivity index (χ2v) is 2.88. The zero-order chi connectivity index (χ0) is 11.5. The number of hydrogen-bond donors (Lipinski definition) is 4. The Morgan fingerprint density at radius 3 is 2.27 bits per heavy atom. The first-order chi connectivity index (χ1) is 7.24. The summed E-state index contributed by atoms with van der Waals surface area (Å²) in [7, 11) is 0. The number of thiol groups is 1. The van der Waals surface area contributed by atoms with Gasteiger partial charge in [-0.05, 0) is 11.6 Å². The van der Waals surface area contributed by atoms with E-state index in [-0.39, 0.29) is 0 Å². The summed E-state index contributed by atoms with van der Waals surface area (Å²) in [6.07, 6.45) is 3.20. The highest BCUT2D eigenvalue weighted by Gasteiger charge is 1.80. The van der Waals surface area contributed by atoms with Gasteiger partial charge in [-0.2, -0.15) is 0 Å². The molecule has 82 valence electrons. The van der Waals surface area contributed by atoms with Crippen molar-refractivity contribution in [3.8, 4) is 0 Å². The van der Waals surface area contributed by atoms with E-state index in [1.54, 1.807) is 12.2 Å². The lowest BCUT2D eigenvalue weighted by Gasteiger charge is -1.91. The minimum atomic E-state index is 0.498. The van der Waals surface area contributed by atoms with E-state index in [0.717, 1.165) is 0 Å². The molecule has 0 aliphatic heterocycles. The number of nitrogens with one attached hydrogen (secondary N) is 1. The summed E-state index contributed by atoms with van der Waals surface area (Å²) in [5, 5.41) is 0. The molecule has 0 saturated carbocycles. The number of rotatable bonds is 3. The van der Waals surface area contributed by atoms with E-state index < -0.39 is 0 Å². The Bertz CT molecular complexity index is 296. The van der Waals surface area contributed by atoms with Gasteiger partial charge in [0.05, 0.1) is 0 Å². The molecule has 0 bridgehead atoms. The molecule has 0 saturated heterocycles. The fourth-order valence-corrected chi connectivity index (χ4v) is 0.853. The van der Waals surface area contributed by atoms with Crippen molar-refractivity contribution in [1.82, 2.24) is 4.72 Å². The fraction of sp³-hybridized carbons (Fsp3) is 0.0909. The number of allylic oxidation sites excluding steroid dienone is 2. The molecule has 0 heterocycles. The van der Waals surface area contributed by atoms with Crippen LogP contribution in [0.3, 0.4) is 0 Å². The van der Waals surface area contributed by atoms with Crippen LogP contribution >= 0.6 is 12.8 Å². The first-order valence-electron chi connectivity index (χ1n) is 4.47. The minimum Gasteiger partial charge on any atom is -0.385 e. The molecule has 0 aliphatic rings. The highest BCUT2D eigenvalue weighted by atomic mass is 32.1. The van der Waals surface area contributed by atoms with Crippen LogP contribution in [0.1, 0.15) is 5.56 Å². The Hall–Kier alpha value is -1.39. The third-order valence-corrected chi connectivity index (χ3v) is 1.76. The fourth-order valence-electron chi connectivity index (χ4n) is 0.778. The van der Waals surface area contributed by atoms with Crippen molar-refractivity contribution in [3.05, 3.63) is 60.4 Å². The molecular formula is C11H17N3S. The summed E-state index contributed by atoms with van der Waals surface area (Å²) in [4.78, 5) is 0. The summed E-state index contributed by atoms with van der Waals surface area (Å²) in [6.45, 7) is 4.06. The molecule has 0 unspecified atom stereocenters. The molecule has 5 N–H and O–H groups in total. The lowest BCUT2D eigenvalue weighted by atomic mass is 10.2. The summed E-state index contributed by atoms with van der Waals surface area (Å²) in [5.74, 6) is 0.498. The quantitative estimate of drug-likeness (QED) is 0.464. The molecule has 0 fully saturated rings. The van der Waals surface area contributed by atoms with Gasteiger partial charge in [-0.25, -0.2) is 0 Å².